The summed E-state index contributed by atoms with van der Waals surface area (Å²) in [6.45, 7) is 6.89. The summed E-state index contributed by atoms with van der Waals surface area (Å²) in [7, 11) is 0. The fraction of sp³-hybridized carbons (Fsp3) is 0.500. The van der Waals surface area contributed by atoms with Gasteiger partial charge in [-0.2, -0.15) is 0 Å². The minimum atomic E-state index is -0.378. The smallest absolute Gasteiger partial charge is 0.223 e. The Morgan fingerprint density at radius 1 is 1.48 bits per heavy atom. The summed E-state index contributed by atoms with van der Waals surface area (Å²) in [6, 6.07) is 8.33. The maximum absolute atomic E-state index is 11.9. The molecule has 1 aromatic carbocycles. The maximum atomic E-state index is 11.9. The summed E-state index contributed by atoms with van der Waals surface area (Å²) in [5.74, 6) is -0.678. The predicted molar refractivity (Wildman–Crippen MR) is 82.9 cm³/mol. The lowest BCUT2D eigenvalue weighted by atomic mass is 10.1. The summed E-state index contributed by atoms with van der Waals surface area (Å²) in [6.07, 6.45) is 0.256. The first kappa shape index (κ1) is 15.4. The Bertz CT molecular complexity index is 530. The van der Waals surface area contributed by atoms with Crippen LogP contribution in [0.4, 0.5) is 5.69 Å². The van der Waals surface area contributed by atoms with Crippen LogP contribution < -0.4 is 10.6 Å². The highest BCUT2D eigenvalue weighted by Crippen LogP contribution is 2.19. The van der Waals surface area contributed by atoms with Crippen LogP contribution in [0.25, 0.3) is 0 Å². The largest absolute Gasteiger partial charge is 0.370 e. The molecule has 5 nitrogen and oxygen atoms in total. The lowest BCUT2D eigenvalue weighted by molar-refractivity contribution is -0.128. The molecule has 0 radical (unpaired) electrons. The van der Waals surface area contributed by atoms with Crippen molar-refractivity contribution in [2.45, 2.75) is 20.3 Å². The van der Waals surface area contributed by atoms with Gasteiger partial charge in [-0.15, -0.1) is 0 Å². The third-order valence-electron chi connectivity index (χ3n) is 4.01. The molecule has 1 saturated heterocycles. The Morgan fingerprint density at radius 2 is 2.24 bits per heavy atom. The van der Waals surface area contributed by atoms with Gasteiger partial charge in [-0.1, -0.05) is 12.1 Å². The SMILES string of the molecule is CCN(CCN1CC(C(N)=O)CC1=O)c1cccc(C)c1. The fourth-order valence-electron chi connectivity index (χ4n) is 2.71. The second-order valence-electron chi connectivity index (χ2n) is 5.56. The molecule has 1 heterocycles. The average molecular weight is 289 g/mol. The number of hydrogen-bond acceptors (Lipinski definition) is 3. The second-order valence-corrected chi connectivity index (χ2v) is 5.56. The number of hydrogen-bond donors (Lipinski definition) is 1. The van der Waals surface area contributed by atoms with Crippen molar-refractivity contribution in [3.05, 3.63) is 29.8 Å². The summed E-state index contributed by atoms with van der Waals surface area (Å²) in [4.78, 5) is 27.0. The molecule has 0 aliphatic carbocycles. The van der Waals surface area contributed by atoms with Gasteiger partial charge < -0.3 is 15.5 Å². The number of benzene rings is 1. The molecular formula is C16H23N3O2. The van der Waals surface area contributed by atoms with E-state index in [2.05, 4.69) is 36.9 Å². The number of nitrogens with zero attached hydrogens (tertiary/aromatic N) is 2. The second kappa shape index (κ2) is 6.61. The summed E-state index contributed by atoms with van der Waals surface area (Å²) in [5, 5.41) is 0. The first-order chi connectivity index (χ1) is 10.0. The molecule has 2 rings (SSSR count). The zero-order chi connectivity index (χ0) is 15.4. The molecule has 21 heavy (non-hydrogen) atoms. The summed E-state index contributed by atoms with van der Waals surface area (Å²) < 4.78 is 0. The van der Waals surface area contributed by atoms with Crippen molar-refractivity contribution >= 4 is 17.5 Å². The highest BCUT2D eigenvalue weighted by molar-refractivity contribution is 5.88. The van der Waals surface area contributed by atoms with Gasteiger partial charge >= 0.3 is 0 Å². The molecule has 1 atom stereocenters. The molecule has 1 fully saturated rings. The normalized spacial score (nSPS) is 18.1. The number of carbonyl (C=O) groups is 2. The van der Waals surface area contributed by atoms with Crippen molar-refractivity contribution in [2.24, 2.45) is 11.7 Å². The van der Waals surface area contributed by atoms with Crippen LogP contribution in [0.5, 0.6) is 0 Å². The third kappa shape index (κ3) is 3.74. The van der Waals surface area contributed by atoms with Crippen molar-refractivity contribution in [2.75, 3.05) is 31.1 Å². The molecule has 1 unspecified atom stereocenters. The van der Waals surface area contributed by atoms with E-state index in [1.807, 2.05) is 6.07 Å². The van der Waals surface area contributed by atoms with Gasteiger partial charge in [0.1, 0.15) is 0 Å². The van der Waals surface area contributed by atoms with Crippen LogP contribution in [-0.4, -0.2) is 42.9 Å². The molecule has 0 bridgehead atoms. The minimum Gasteiger partial charge on any atom is -0.370 e. The van der Waals surface area contributed by atoms with Gasteiger partial charge in [0.2, 0.25) is 11.8 Å². The lowest BCUT2D eigenvalue weighted by Crippen LogP contribution is -2.36. The Kier molecular flexibility index (Phi) is 4.83. The van der Waals surface area contributed by atoms with Gasteiger partial charge in [0.25, 0.3) is 0 Å². The van der Waals surface area contributed by atoms with Crippen LogP contribution in [0.1, 0.15) is 18.9 Å². The van der Waals surface area contributed by atoms with E-state index in [-0.39, 0.29) is 24.2 Å². The van der Waals surface area contributed by atoms with E-state index in [1.54, 1.807) is 4.90 Å². The molecule has 1 aliphatic heterocycles. The van der Waals surface area contributed by atoms with Crippen molar-refractivity contribution < 1.29 is 9.59 Å². The van der Waals surface area contributed by atoms with Gasteiger partial charge in [0.15, 0.2) is 0 Å². The van der Waals surface area contributed by atoms with Crippen molar-refractivity contribution in [1.29, 1.82) is 0 Å². The van der Waals surface area contributed by atoms with E-state index in [1.165, 1.54) is 5.56 Å². The number of likely N-dealkylation sites (tertiary alicyclic amines) is 1. The number of rotatable bonds is 6. The Labute approximate surface area is 125 Å². The molecule has 0 aromatic heterocycles. The number of likely N-dealkylation sites (N-methyl/N-ethyl adjacent to an activating group) is 1. The van der Waals surface area contributed by atoms with Crippen LogP contribution in [0.2, 0.25) is 0 Å². The lowest BCUT2D eigenvalue weighted by Gasteiger charge is -2.26. The van der Waals surface area contributed by atoms with Gasteiger partial charge in [0.05, 0.1) is 5.92 Å². The van der Waals surface area contributed by atoms with Crippen molar-refractivity contribution in [3.63, 3.8) is 0 Å². The van der Waals surface area contributed by atoms with Gasteiger partial charge in [-0.05, 0) is 31.5 Å². The molecule has 2 amide bonds. The van der Waals surface area contributed by atoms with E-state index in [0.29, 0.717) is 13.1 Å². The number of carbonyl (C=O) groups excluding carboxylic acids is 2. The maximum Gasteiger partial charge on any atom is 0.223 e. The molecule has 5 heteroatoms. The number of aryl methyl sites for hydroxylation is 1. The molecule has 114 valence electrons. The number of anilines is 1. The molecule has 2 N–H and O–H groups in total. The van der Waals surface area contributed by atoms with Crippen molar-refractivity contribution in [1.82, 2.24) is 4.90 Å². The Balaban J connectivity index is 1.95. The summed E-state index contributed by atoms with van der Waals surface area (Å²) in [5.41, 5.74) is 7.67. The van der Waals surface area contributed by atoms with Crippen LogP contribution in [0.15, 0.2) is 24.3 Å². The standard InChI is InChI=1S/C16H23N3O2/c1-3-18(14-6-4-5-12(2)9-14)7-8-19-11-13(16(17)21)10-15(19)20/h4-6,9,13H,3,7-8,10-11H2,1-2H3,(H2,17,21). The topological polar surface area (TPSA) is 66.6 Å². The molecular weight excluding hydrogens is 266 g/mol. The number of primary amides is 1. The fourth-order valence-corrected chi connectivity index (χ4v) is 2.71. The quantitative estimate of drug-likeness (QED) is 0.854. The van der Waals surface area contributed by atoms with Crippen LogP contribution in [-0.2, 0) is 9.59 Å². The zero-order valence-corrected chi connectivity index (χ0v) is 12.7. The average Bonchev–Trinajstić information content (AvgIpc) is 2.81. The Morgan fingerprint density at radius 3 is 2.81 bits per heavy atom. The molecule has 0 saturated carbocycles. The van der Waals surface area contributed by atoms with Crippen LogP contribution in [0.3, 0.4) is 0 Å². The van der Waals surface area contributed by atoms with Crippen LogP contribution in [0, 0.1) is 12.8 Å². The monoisotopic (exact) mass is 289 g/mol. The highest BCUT2D eigenvalue weighted by atomic mass is 16.2. The molecule has 1 aliphatic rings. The summed E-state index contributed by atoms with van der Waals surface area (Å²) >= 11 is 0. The van der Waals surface area contributed by atoms with E-state index in [9.17, 15) is 9.59 Å². The predicted octanol–water partition coefficient (Wildman–Crippen LogP) is 1.16. The van der Waals surface area contributed by atoms with Crippen molar-refractivity contribution in [3.8, 4) is 0 Å². The van der Waals surface area contributed by atoms with E-state index >= 15 is 0 Å². The third-order valence-corrected chi connectivity index (χ3v) is 4.01. The first-order valence-corrected chi connectivity index (χ1v) is 7.40. The van der Waals surface area contributed by atoms with Crippen LogP contribution >= 0.6 is 0 Å². The van der Waals surface area contributed by atoms with E-state index < -0.39 is 0 Å². The molecule has 1 aromatic rings. The number of amides is 2. The highest BCUT2D eigenvalue weighted by Gasteiger charge is 2.32. The Hall–Kier alpha value is -2.04. The minimum absolute atomic E-state index is 0.0269. The molecule has 0 spiro atoms. The van der Waals surface area contributed by atoms with E-state index in [4.69, 9.17) is 5.73 Å². The number of nitrogens with two attached hydrogens (primary N) is 1. The first-order valence-electron chi connectivity index (χ1n) is 7.40. The van der Waals surface area contributed by atoms with Gasteiger partial charge in [0, 0.05) is 38.3 Å². The zero-order valence-electron chi connectivity index (χ0n) is 12.7. The van der Waals surface area contributed by atoms with E-state index in [0.717, 1.165) is 18.8 Å². The van der Waals surface area contributed by atoms with Gasteiger partial charge in [-0.3, -0.25) is 9.59 Å². The van der Waals surface area contributed by atoms with Gasteiger partial charge in [-0.25, -0.2) is 0 Å².